The van der Waals surface area contributed by atoms with E-state index in [-0.39, 0.29) is 0 Å². The second kappa shape index (κ2) is 2.74. The summed E-state index contributed by atoms with van der Waals surface area (Å²) in [5, 5.41) is 0. The molecule has 1 aromatic rings. The maximum atomic E-state index is 5.98. The second-order valence-corrected chi connectivity index (χ2v) is 4.44. The van der Waals surface area contributed by atoms with Gasteiger partial charge in [0.15, 0.2) is 0 Å². The molecule has 1 saturated carbocycles. The highest BCUT2D eigenvalue weighted by Crippen LogP contribution is 2.51. The van der Waals surface area contributed by atoms with Crippen molar-refractivity contribution in [2.24, 2.45) is 11.7 Å². The first-order valence-corrected chi connectivity index (χ1v) is 5.22. The van der Waals surface area contributed by atoms with Gasteiger partial charge >= 0.3 is 0 Å². The first-order valence-electron chi connectivity index (χ1n) is 5.22. The van der Waals surface area contributed by atoms with Crippen LogP contribution in [0.5, 0.6) is 5.75 Å². The van der Waals surface area contributed by atoms with Crippen LogP contribution in [0.15, 0.2) is 18.2 Å². The number of benzene rings is 1. The van der Waals surface area contributed by atoms with Crippen LogP contribution in [-0.4, -0.2) is 13.2 Å². The van der Waals surface area contributed by atoms with Crippen LogP contribution in [0.1, 0.15) is 23.5 Å². The molecule has 74 valence electrons. The zero-order valence-corrected chi connectivity index (χ0v) is 8.36. The Morgan fingerprint density at radius 3 is 3.00 bits per heavy atom. The molecule has 2 N–H and O–H groups in total. The molecule has 0 amide bonds. The van der Waals surface area contributed by atoms with E-state index in [2.05, 4.69) is 18.2 Å². The van der Waals surface area contributed by atoms with Crippen molar-refractivity contribution < 1.29 is 4.74 Å². The molecule has 3 rings (SSSR count). The van der Waals surface area contributed by atoms with Crippen molar-refractivity contribution >= 4 is 0 Å². The van der Waals surface area contributed by atoms with Crippen LogP contribution < -0.4 is 10.5 Å². The molecule has 1 aromatic carbocycles. The van der Waals surface area contributed by atoms with Crippen LogP contribution in [-0.2, 0) is 6.42 Å². The van der Waals surface area contributed by atoms with E-state index in [0.717, 1.165) is 18.1 Å². The van der Waals surface area contributed by atoms with Gasteiger partial charge < -0.3 is 10.5 Å². The highest BCUT2D eigenvalue weighted by molar-refractivity contribution is 5.44. The summed E-state index contributed by atoms with van der Waals surface area (Å²) >= 11 is 0. The van der Waals surface area contributed by atoms with Gasteiger partial charge in [-0.05, 0) is 47.9 Å². The number of fused-ring (bicyclic) bond motifs is 3. The summed E-state index contributed by atoms with van der Waals surface area (Å²) in [5.41, 5.74) is 8.95. The van der Waals surface area contributed by atoms with Crippen molar-refractivity contribution in [2.75, 3.05) is 7.11 Å². The lowest BCUT2D eigenvalue weighted by atomic mass is 9.70. The molecule has 0 radical (unpaired) electrons. The van der Waals surface area contributed by atoms with Crippen molar-refractivity contribution in [1.29, 1.82) is 0 Å². The maximum absolute atomic E-state index is 5.98. The normalized spacial score (nSPS) is 33.1. The molecule has 14 heavy (non-hydrogen) atoms. The van der Waals surface area contributed by atoms with Crippen LogP contribution in [0.3, 0.4) is 0 Å². The van der Waals surface area contributed by atoms with Crippen molar-refractivity contribution in [3.63, 3.8) is 0 Å². The summed E-state index contributed by atoms with van der Waals surface area (Å²) in [6.07, 6.45) is 2.33. The number of rotatable bonds is 1. The zero-order valence-electron chi connectivity index (χ0n) is 8.36. The molecule has 0 aliphatic heterocycles. The van der Waals surface area contributed by atoms with Crippen molar-refractivity contribution in [3.05, 3.63) is 29.3 Å². The van der Waals surface area contributed by atoms with E-state index in [1.807, 2.05) is 0 Å². The Morgan fingerprint density at radius 2 is 2.29 bits per heavy atom. The monoisotopic (exact) mass is 189 g/mol. The van der Waals surface area contributed by atoms with Gasteiger partial charge in [0.25, 0.3) is 0 Å². The predicted molar refractivity (Wildman–Crippen MR) is 55.5 cm³/mol. The minimum atomic E-state index is 0.429. The molecule has 2 aliphatic carbocycles. The van der Waals surface area contributed by atoms with E-state index in [4.69, 9.17) is 10.5 Å². The second-order valence-electron chi connectivity index (χ2n) is 4.44. The van der Waals surface area contributed by atoms with Gasteiger partial charge in [0.05, 0.1) is 7.11 Å². The van der Waals surface area contributed by atoms with E-state index < -0.39 is 0 Å². The molecule has 0 spiro atoms. The first-order chi connectivity index (χ1) is 6.79. The molecule has 0 aromatic heterocycles. The van der Waals surface area contributed by atoms with Gasteiger partial charge in [0, 0.05) is 6.04 Å². The van der Waals surface area contributed by atoms with Gasteiger partial charge in [-0.3, -0.25) is 0 Å². The predicted octanol–water partition coefficient (Wildman–Crippen LogP) is 1.68. The van der Waals surface area contributed by atoms with Crippen molar-refractivity contribution in [3.8, 4) is 5.75 Å². The lowest BCUT2D eigenvalue weighted by Crippen LogP contribution is -2.43. The summed E-state index contributed by atoms with van der Waals surface area (Å²) in [6, 6.07) is 6.86. The van der Waals surface area contributed by atoms with Gasteiger partial charge in [-0.25, -0.2) is 0 Å². The number of nitrogens with two attached hydrogens (primary N) is 1. The SMILES string of the molecule is COc1ccc2c(c1)C1CC(N)C1C2. The van der Waals surface area contributed by atoms with Crippen LogP contribution >= 0.6 is 0 Å². The molecule has 2 heteroatoms. The third-order valence-electron chi connectivity index (χ3n) is 3.80. The summed E-state index contributed by atoms with van der Waals surface area (Å²) in [6.45, 7) is 0. The molecular formula is C12H15NO. The first kappa shape index (κ1) is 8.30. The smallest absolute Gasteiger partial charge is 0.119 e. The van der Waals surface area contributed by atoms with Crippen LogP contribution in [0, 0.1) is 5.92 Å². The Labute approximate surface area is 84.1 Å². The molecule has 3 unspecified atom stereocenters. The third-order valence-corrected chi connectivity index (χ3v) is 3.80. The Balaban J connectivity index is 1.99. The average molecular weight is 189 g/mol. The Bertz CT molecular complexity index is 375. The summed E-state index contributed by atoms with van der Waals surface area (Å²) in [7, 11) is 1.72. The lowest BCUT2D eigenvalue weighted by Gasteiger charge is -2.38. The molecule has 3 atom stereocenters. The lowest BCUT2D eigenvalue weighted by molar-refractivity contribution is 0.226. The molecule has 0 heterocycles. The quantitative estimate of drug-likeness (QED) is 0.729. The van der Waals surface area contributed by atoms with Crippen molar-refractivity contribution in [1.82, 2.24) is 0 Å². The fourth-order valence-electron chi connectivity index (χ4n) is 2.88. The fourth-order valence-corrected chi connectivity index (χ4v) is 2.88. The standard InChI is InChI=1S/C12H15NO/c1-14-8-3-2-7-4-11-10(6-12(11)13)9(7)5-8/h2-3,5,10-12H,4,6,13H2,1H3. The zero-order chi connectivity index (χ0) is 9.71. The Hall–Kier alpha value is -1.02. The highest BCUT2D eigenvalue weighted by Gasteiger charge is 2.44. The largest absolute Gasteiger partial charge is 0.497 e. The highest BCUT2D eigenvalue weighted by atomic mass is 16.5. The van der Waals surface area contributed by atoms with Gasteiger partial charge in [0.2, 0.25) is 0 Å². The topological polar surface area (TPSA) is 35.2 Å². The molecule has 0 saturated heterocycles. The van der Waals surface area contributed by atoms with Gasteiger partial charge in [-0.2, -0.15) is 0 Å². The molecule has 2 aliphatic rings. The van der Waals surface area contributed by atoms with Crippen LogP contribution in [0.2, 0.25) is 0 Å². The van der Waals surface area contributed by atoms with Crippen LogP contribution in [0.25, 0.3) is 0 Å². The Morgan fingerprint density at radius 1 is 1.43 bits per heavy atom. The van der Waals surface area contributed by atoms with Crippen molar-refractivity contribution in [2.45, 2.75) is 24.8 Å². The summed E-state index contributed by atoms with van der Waals surface area (Å²) in [5.74, 6) is 2.40. The molecular weight excluding hydrogens is 174 g/mol. The number of ether oxygens (including phenoxy) is 1. The van der Waals surface area contributed by atoms with E-state index in [1.165, 1.54) is 17.5 Å². The third kappa shape index (κ3) is 0.947. The van der Waals surface area contributed by atoms with E-state index >= 15 is 0 Å². The molecule has 2 nitrogen and oxygen atoms in total. The number of hydrogen-bond acceptors (Lipinski definition) is 2. The maximum Gasteiger partial charge on any atom is 0.119 e. The molecule has 0 bridgehead atoms. The van der Waals surface area contributed by atoms with E-state index in [0.29, 0.717) is 12.0 Å². The molecule has 1 fully saturated rings. The number of methoxy groups -OCH3 is 1. The van der Waals surface area contributed by atoms with E-state index in [1.54, 1.807) is 7.11 Å². The Kier molecular flexibility index (Phi) is 1.62. The minimum Gasteiger partial charge on any atom is -0.497 e. The minimum absolute atomic E-state index is 0.429. The number of hydrogen-bond donors (Lipinski definition) is 1. The van der Waals surface area contributed by atoms with Crippen LogP contribution in [0.4, 0.5) is 0 Å². The van der Waals surface area contributed by atoms with Gasteiger partial charge in [-0.15, -0.1) is 0 Å². The summed E-state index contributed by atoms with van der Waals surface area (Å²) in [4.78, 5) is 0. The summed E-state index contributed by atoms with van der Waals surface area (Å²) < 4.78 is 5.24. The fraction of sp³-hybridized carbons (Fsp3) is 0.500. The van der Waals surface area contributed by atoms with E-state index in [9.17, 15) is 0 Å². The van der Waals surface area contributed by atoms with Gasteiger partial charge in [0.1, 0.15) is 5.75 Å². The van der Waals surface area contributed by atoms with Gasteiger partial charge in [-0.1, -0.05) is 6.07 Å². The average Bonchev–Trinajstić information content (AvgIpc) is 2.51.